The van der Waals surface area contributed by atoms with E-state index in [1.807, 2.05) is 30.3 Å². The van der Waals surface area contributed by atoms with Crippen molar-refractivity contribution in [3.8, 4) is 16.9 Å². The summed E-state index contributed by atoms with van der Waals surface area (Å²) in [4.78, 5) is 5.00. The fraction of sp³-hybridized carbons (Fsp3) is 0.111. The third kappa shape index (κ3) is 3.12. The van der Waals surface area contributed by atoms with Gasteiger partial charge in [0, 0.05) is 24.4 Å². The number of benzene rings is 2. The Morgan fingerprint density at radius 1 is 1.19 bits per heavy atom. The van der Waals surface area contributed by atoms with Crippen LogP contribution in [0.15, 0.2) is 54.9 Å². The highest BCUT2D eigenvalue weighted by Gasteiger charge is 2.13. The van der Waals surface area contributed by atoms with Gasteiger partial charge in [-0.1, -0.05) is 18.2 Å². The zero-order chi connectivity index (χ0) is 17.9. The number of hydrogen-bond donors (Lipinski definition) is 2. The minimum atomic E-state index is 0.270. The number of aromatic amines is 1. The highest BCUT2D eigenvalue weighted by Crippen LogP contribution is 2.21. The van der Waals surface area contributed by atoms with Crippen molar-refractivity contribution in [3.63, 3.8) is 0 Å². The normalized spacial score (nSPS) is 10.8. The third-order valence-corrected chi connectivity index (χ3v) is 4.01. The standard InChI is InChI=1S/C18H16N6O2/c1-26-15-4-2-3-12(7-15)9-19-18-22-16-6-5-13(14-10-20-21-11-14)8-17(16)24(25)23-18/h2-8,10-11H,9H2,1H3,(H,20,21)(H,19,22,23). The van der Waals surface area contributed by atoms with Crippen LogP contribution in [-0.2, 0) is 6.54 Å². The Hall–Kier alpha value is -3.68. The van der Waals surface area contributed by atoms with Gasteiger partial charge in [-0.2, -0.15) is 5.10 Å². The van der Waals surface area contributed by atoms with Crippen molar-refractivity contribution >= 4 is 17.0 Å². The lowest BCUT2D eigenvalue weighted by Crippen LogP contribution is -2.33. The van der Waals surface area contributed by atoms with Crippen molar-refractivity contribution in [3.05, 3.63) is 65.6 Å². The smallest absolute Gasteiger partial charge is 0.290 e. The van der Waals surface area contributed by atoms with Crippen molar-refractivity contribution in [2.24, 2.45) is 0 Å². The van der Waals surface area contributed by atoms with Gasteiger partial charge in [0.2, 0.25) is 0 Å². The van der Waals surface area contributed by atoms with Crippen LogP contribution in [-0.4, -0.2) is 27.4 Å². The Morgan fingerprint density at radius 2 is 2.12 bits per heavy atom. The van der Waals surface area contributed by atoms with Gasteiger partial charge in [0.15, 0.2) is 0 Å². The number of nitrogens with one attached hydrogen (secondary N) is 2. The fourth-order valence-corrected chi connectivity index (χ4v) is 2.67. The van der Waals surface area contributed by atoms with E-state index in [0.717, 1.165) is 22.4 Å². The molecule has 0 bridgehead atoms. The van der Waals surface area contributed by atoms with Crippen molar-refractivity contribution in [1.82, 2.24) is 20.3 Å². The molecule has 0 aliphatic rings. The van der Waals surface area contributed by atoms with Gasteiger partial charge in [0.05, 0.1) is 18.4 Å². The first kappa shape index (κ1) is 15.8. The molecule has 0 atom stereocenters. The molecule has 0 amide bonds. The van der Waals surface area contributed by atoms with Crippen LogP contribution in [0, 0.1) is 5.21 Å². The number of fused-ring (bicyclic) bond motifs is 1. The van der Waals surface area contributed by atoms with E-state index >= 15 is 0 Å². The number of aromatic nitrogens is 5. The maximum atomic E-state index is 12.3. The van der Waals surface area contributed by atoms with E-state index in [-0.39, 0.29) is 5.95 Å². The molecular weight excluding hydrogens is 332 g/mol. The maximum absolute atomic E-state index is 12.3. The van der Waals surface area contributed by atoms with Gasteiger partial charge in [-0.05, 0) is 34.2 Å². The van der Waals surface area contributed by atoms with E-state index in [1.165, 1.54) is 0 Å². The SMILES string of the molecule is COc1cccc(CNc2nc3ccc(-c4cn[nH]c4)cc3[n+]([O-])n2)c1. The molecule has 2 aromatic heterocycles. The molecule has 130 valence electrons. The summed E-state index contributed by atoms with van der Waals surface area (Å²) >= 11 is 0. The molecule has 2 N–H and O–H groups in total. The summed E-state index contributed by atoms with van der Waals surface area (Å²) < 4.78 is 5.21. The molecule has 0 aliphatic heterocycles. The molecule has 0 saturated heterocycles. The molecule has 0 spiro atoms. The van der Waals surface area contributed by atoms with Gasteiger partial charge in [0.25, 0.3) is 11.5 Å². The Kier molecular flexibility index (Phi) is 4.06. The number of ether oxygens (including phenoxy) is 1. The Labute approximate surface area is 149 Å². The minimum Gasteiger partial charge on any atom is -0.594 e. The van der Waals surface area contributed by atoms with Crippen LogP contribution in [0.1, 0.15) is 5.56 Å². The van der Waals surface area contributed by atoms with E-state index in [9.17, 15) is 5.21 Å². The van der Waals surface area contributed by atoms with Crippen LogP contribution in [0.3, 0.4) is 0 Å². The lowest BCUT2D eigenvalue weighted by molar-refractivity contribution is -0.641. The summed E-state index contributed by atoms with van der Waals surface area (Å²) in [7, 11) is 1.62. The van der Waals surface area contributed by atoms with Crippen molar-refractivity contribution in [1.29, 1.82) is 0 Å². The van der Waals surface area contributed by atoms with Crippen LogP contribution >= 0.6 is 0 Å². The summed E-state index contributed by atoms with van der Waals surface area (Å²) in [5.74, 6) is 1.04. The Bertz CT molecular complexity index is 1050. The first-order valence-corrected chi connectivity index (χ1v) is 8.00. The number of rotatable bonds is 5. The maximum Gasteiger partial charge on any atom is 0.290 e. The summed E-state index contributed by atoms with van der Waals surface area (Å²) in [6.07, 6.45) is 3.46. The molecule has 2 aromatic carbocycles. The summed E-state index contributed by atoms with van der Waals surface area (Å²) in [5.41, 5.74) is 3.73. The van der Waals surface area contributed by atoms with E-state index in [2.05, 4.69) is 25.6 Å². The predicted octanol–water partition coefficient (Wildman–Crippen LogP) is 2.27. The number of methoxy groups -OCH3 is 1. The summed E-state index contributed by atoms with van der Waals surface area (Å²) in [5, 5.41) is 26.0. The lowest BCUT2D eigenvalue weighted by atomic mass is 10.1. The van der Waals surface area contributed by atoms with Gasteiger partial charge in [-0.3, -0.25) is 5.10 Å². The molecule has 0 fully saturated rings. The second-order valence-corrected chi connectivity index (χ2v) is 5.70. The van der Waals surface area contributed by atoms with Gasteiger partial charge < -0.3 is 15.3 Å². The van der Waals surface area contributed by atoms with Gasteiger partial charge in [-0.15, -0.1) is 0 Å². The van der Waals surface area contributed by atoms with E-state index in [1.54, 1.807) is 31.6 Å². The summed E-state index contributed by atoms with van der Waals surface area (Å²) in [6, 6.07) is 13.1. The van der Waals surface area contributed by atoms with E-state index < -0.39 is 0 Å². The molecule has 0 unspecified atom stereocenters. The number of H-pyrrole nitrogens is 1. The number of anilines is 1. The molecule has 0 aliphatic carbocycles. The molecule has 0 radical (unpaired) electrons. The molecule has 4 rings (SSSR count). The number of nitrogens with zero attached hydrogens (tertiary/aromatic N) is 4. The second kappa shape index (κ2) is 6.67. The lowest BCUT2D eigenvalue weighted by Gasteiger charge is -2.07. The largest absolute Gasteiger partial charge is 0.594 e. The monoisotopic (exact) mass is 348 g/mol. The molecule has 8 nitrogen and oxygen atoms in total. The van der Waals surface area contributed by atoms with Gasteiger partial charge >= 0.3 is 0 Å². The highest BCUT2D eigenvalue weighted by molar-refractivity contribution is 5.79. The second-order valence-electron chi connectivity index (χ2n) is 5.70. The van der Waals surface area contributed by atoms with Crippen molar-refractivity contribution in [2.75, 3.05) is 12.4 Å². The van der Waals surface area contributed by atoms with Gasteiger partial charge in [0.1, 0.15) is 11.3 Å². The highest BCUT2D eigenvalue weighted by atomic mass is 16.5. The van der Waals surface area contributed by atoms with Crippen LogP contribution in [0.5, 0.6) is 5.75 Å². The van der Waals surface area contributed by atoms with E-state index in [4.69, 9.17) is 4.74 Å². The third-order valence-electron chi connectivity index (χ3n) is 4.01. The quantitative estimate of drug-likeness (QED) is 0.424. The Balaban J connectivity index is 1.59. The molecule has 2 heterocycles. The minimum absolute atomic E-state index is 0.270. The molecule has 4 aromatic rings. The van der Waals surface area contributed by atoms with E-state index in [0.29, 0.717) is 22.4 Å². The van der Waals surface area contributed by atoms with Crippen LogP contribution < -0.4 is 14.9 Å². The molecular formula is C18H16N6O2. The molecule has 0 saturated carbocycles. The average molecular weight is 348 g/mol. The molecule has 26 heavy (non-hydrogen) atoms. The zero-order valence-electron chi connectivity index (χ0n) is 14.0. The predicted molar refractivity (Wildman–Crippen MR) is 96.4 cm³/mol. The molecule has 8 heteroatoms. The average Bonchev–Trinajstić information content (AvgIpc) is 3.21. The van der Waals surface area contributed by atoms with Crippen LogP contribution in [0.2, 0.25) is 0 Å². The Morgan fingerprint density at radius 3 is 2.92 bits per heavy atom. The van der Waals surface area contributed by atoms with Gasteiger partial charge in [-0.25, -0.2) is 4.98 Å². The fourth-order valence-electron chi connectivity index (χ4n) is 2.67. The zero-order valence-corrected chi connectivity index (χ0v) is 14.0. The summed E-state index contributed by atoms with van der Waals surface area (Å²) in [6.45, 7) is 0.482. The first-order chi connectivity index (χ1) is 12.7. The topological polar surface area (TPSA) is 103 Å². The van der Waals surface area contributed by atoms with Crippen LogP contribution in [0.4, 0.5) is 5.95 Å². The number of hydrogen-bond acceptors (Lipinski definition) is 6. The van der Waals surface area contributed by atoms with Crippen LogP contribution in [0.25, 0.3) is 22.2 Å². The van der Waals surface area contributed by atoms with Crippen molar-refractivity contribution in [2.45, 2.75) is 6.54 Å². The van der Waals surface area contributed by atoms with Crippen molar-refractivity contribution < 1.29 is 9.58 Å². The first-order valence-electron chi connectivity index (χ1n) is 8.00.